The minimum atomic E-state index is 0.517. The number of hydrazone groups is 1. The zero-order chi connectivity index (χ0) is 16.8. The average molecular weight is 401 g/mol. The second-order valence-corrected chi connectivity index (χ2v) is 6.62. The first-order valence-electron chi connectivity index (χ1n) is 7.60. The minimum absolute atomic E-state index is 0.517. The summed E-state index contributed by atoms with van der Waals surface area (Å²) in [7, 11) is 0. The molecule has 24 heavy (non-hydrogen) atoms. The number of halogens is 1. The van der Waals surface area contributed by atoms with E-state index < -0.39 is 0 Å². The van der Waals surface area contributed by atoms with Gasteiger partial charge in [-0.3, -0.25) is 5.43 Å². The van der Waals surface area contributed by atoms with Crippen molar-refractivity contribution in [1.82, 2.24) is 15.7 Å². The molecule has 0 aliphatic rings. The lowest BCUT2D eigenvalue weighted by atomic mass is 10.1. The molecule has 3 rings (SSSR count). The molecule has 1 aromatic heterocycles. The Morgan fingerprint density at radius 2 is 2.04 bits per heavy atom. The molecule has 0 aliphatic heterocycles. The molecule has 0 saturated heterocycles. The predicted octanol–water partition coefficient (Wildman–Crippen LogP) is 3.97. The van der Waals surface area contributed by atoms with Crippen molar-refractivity contribution in [3.8, 4) is 0 Å². The second kappa shape index (κ2) is 8.08. The molecular weight excluding hydrogens is 384 g/mol. The summed E-state index contributed by atoms with van der Waals surface area (Å²) in [5.41, 5.74) is 6.21. The number of H-pyrrole nitrogens is 1. The molecule has 1 heterocycles. The van der Waals surface area contributed by atoms with Crippen LogP contribution in [-0.2, 0) is 6.42 Å². The van der Waals surface area contributed by atoms with Gasteiger partial charge in [-0.25, -0.2) is 0 Å². The van der Waals surface area contributed by atoms with Gasteiger partial charge in [0.1, 0.15) is 0 Å². The summed E-state index contributed by atoms with van der Waals surface area (Å²) in [6.45, 7) is 0.769. The number of thiocarbonyl (C=S) groups is 1. The van der Waals surface area contributed by atoms with E-state index in [2.05, 4.69) is 55.0 Å². The molecule has 2 aromatic carbocycles. The Hall–Kier alpha value is -2.18. The minimum Gasteiger partial charge on any atom is -0.361 e. The van der Waals surface area contributed by atoms with E-state index in [0.29, 0.717) is 5.11 Å². The second-order valence-electron chi connectivity index (χ2n) is 5.30. The quantitative estimate of drug-likeness (QED) is 0.345. The smallest absolute Gasteiger partial charge is 0.186 e. The lowest BCUT2D eigenvalue weighted by molar-refractivity contribution is 0.838. The highest BCUT2D eigenvalue weighted by Gasteiger charge is 2.02. The van der Waals surface area contributed by atoms with Gasteiger partial charge < -0.3 is 10.3 Å². The summed E-state index contributed by atoms with van der Waals surface area (Å²) in [6.07, 6.45) is 4.60. The van der Waals surface area contributed by atoms with E-state index in [9.17, 15) is 0 Å². The molecule has 0 radical (unpaired) electrons. The summed E-state index contributed by atoms with van der Waals surface area (Å²) in [5, 5.41) is 8.98. The van der Waals surface area contributed by atoms with Gasteiger partial charge >= 0.3 is 0 Å². The van der Waals surface area contributed by atoms with E-state index >= 15 is 0 Å². The normalized spacial score (nSPS) is 11.0. The van der Waals surface area contributed by atoms with Gasteiger partial charge in [-0.1, -0.05) is 46.3 Å². The molecule has 6 heteroatoms. The van der Waals surface area contributed by atoms with E-state index in [0.717, 1.165) is 33.9 Å². The standard InChI is InChI=1S/C18H17BrN4S/c19-15-6-7-17-16(10-15)14(11-21-17)12-22-23-18(24)20-9-8-13-4-2-1-3-5-13/h1-7,10-12,21H,8-9H2,(H2,20,23,24)/b22-12+. The van der Waals surface area contributed by atoms with Crippen LogP contribution in [0.3, 0.4) is 0 Å². The van der Waals surface area contributed by atoms with E-state index in [1.807, 2.05) is 36.5 Å². The summed E-state index contributed by atoms with van der Waals surface area (Å²) in [5.74, 6) is 0. The molecule has 0 amide bonds. The van der Waals surface area contributed by atoms with Crippen molar-refractivity contribution < 1.29 is 0 Å². The molecule has 3 N–H and O–H groups in total. The van der Waals surface area contributed by atoms with E-state index in [1.165, 1.54) is 5.56 Å². The van der Waals surface area contributed by atoms with Crippen molar-refractivity contribution >= 4 is 50.4 Å². The van der Waals surface area contributed by atoms with Crippen LogP contribution in [0.1, 0.15) is 11.1 Å². The number of nitrogens with one attached hydrogen (secondary N) is 3. The van der Waals surface area contributed by atoms with Gasteiger partial charge in [0.05, 0.1) is 6.21 Å². The third-order valence-corrected chi connectivity index (χ3v) is 4.32. The fourth-order valence-corrected chi connectivity index (χ4v) is 2.90. The molecular formula is C18H17BrN4S. The monoisotopic (exact) mass is 400 g/mol. The Labute approximate surface area is 154 Å². The number of nitrogens with zero attached hydrogens (tertiary/aromatic N) is 1. The summed E-state index contributed by atoms with van der Waals surface area (Å²) in [4.78, 5) is 3.22. The van der Waals surface area contributed by atoms with E-state index in [-0.39, 0.29) is 0 Å². The average Bonchev–Trinajstić information content (AvgIpc) is 2.98. The molecule has 0 unspecified atom stereocenters. The molecule has 0 spiro atoms. The predicted molar refractivity (Wildman–Crippen MR) is 107 cm³/mol. The molecule has 4 nitrogen and oxygen atoms in total. The van der Waals surface area contributed by atoms with Crippen LogP contribution in [-0.4, -0.2) is 22.9 Å². The first-order valence-corrected chi connectivity index (χ1v) is 8.80. The Kier molecular flexibility index (Phi) is 5.61. The zero-order valence-corrected chi connectivity index (χ0v) is 15.3. The fraction of sp³-hybridized carbons (Fsp3) is 0.111. The lowest BCUT2D eigenvalue weighted by Gasteiger charge is -2.06. The van der Waals surface area contributed by atoms with Crippen molar-refractivity contribution in [2.45, 2.75) is 6.42 Å². The van der Waals surface area contributed by atoms with Crippen LogP contribution < -0.4 is 10.7 Å². The number of rotatable bonds is 5. The lowest BCUT2D eigenvalue weighted by Crippen LogP contribution is -2.33. The number of benzene rings is 2. The third-order valence-electron chi connectivity index (χ3n) is 3.59. The Morgan fingerprint density at radius 3 is 2.88 bits per heavy atom. The maximum atomic E-state index is 5.23. The van der Waals surface area contributed by atoms with E-state index in [1.54, 1.807) is 6.21 Å². The maximum absolute atomic E-state index is 5.23. The van der Waals surface area contributed by atoms with Gasteiger partial charge in [0.25, 0.3) is 0 Å². The van der Waals surface area contributed by atoms with Crippen LogP contribution in [0.2, 0.25) is 0 Å². The summed E-state index contributed by atoms with van der Waals surface area (Å²) in [6, 6.07) is 16.4. The zero-order valence-electron chi connectivity index (χ0n) is 12.9. The SMILES string of the molecule is S=C(NCCc1ccccc1)N/N=C/c1c[nH]c2ccc(Br)cc12. The topological polar surface area (TPSA) is 52.2 Å². The number of aromatic nitrogens is 1. The Balaban J connectivity index is 1.50. The Bertz CT molecular complexity index is 858. The van der Waals surface area contributed by atoms with Crippen molar-refractivity contribution in [3.05, 3.63) is 70.3 Å². The highest BCUT2D eigenvalue weighted by Crippen LogP contribution is 2.21. The highest BCUT2D eigenvalue weighted by molar-refractivity contribution is 9.10. The molecule has 0 bridgehead atoms. The van der Waals surface area contributed by atoms with Gasteiger partial charge in [-0.2, -0.15) is 5.10 Å². The number of hydrogen-bond donors (Lipinski definition) is 3. The van der Waals surface area contributed by atoms with E-state index in [4.69, 9.17) is 12.2 Å². The van der Waals surface area contributed by atoms with Crippen LogP contribution >= 0.6 is 28.1 Å². The van der Waals surface area contributed by atoms with Crippen LogP contribution in [0.5, 0.6) is 0 Å². The Morgan fingerprint density at radius 1 is 1.21 bits per heavy atom. The molecule has 122 valence electrons. The van der Waals surface area contributed by atoms with Crippen molar-refractivity contribution in [2.24, 2.45) is 5.10 Å². The summed E-state index contributed by atoms with van der Waals surface area (Å²) < 4.78 is 1.04. The first kappa shape index (κ1) is 16.7. The van der Waals surface area contributed by atoms with Crippen LogP contribution in [0.25, 0.3) is 10.9 Å². The first-order chi connectivity index (χ1) is 11.7. The molecule has 0 atom stereocenters. The molecule has 0 fully saturated rings. The third kappa shape index (κ3) is 4.43. The van der Waals surface area contributed by atoms with Crippen LogP contribution in [0, 0.1) is 0 Å². The van der Waals surface area contributed by atoms with Crippen molar-refractivity contribution in [2.75, 3.05) is 6.54 Å². The van der Waals surface area contributed by atoms with Gasteiger partial charge in [0.2, 0.25) is 0 Å². The molecule has 0 saturated carbocycles. The highest BCUT2D eigenvalue weighted by atomic mass is 79.9. The maximum Gasteiger partial charge on any atom is 0.186 e. The number of aromatic amines is 1. The van der Waals surface area contributed by atoms with Gasteiger partial charge in [-0.15, -0.1) is 0 Å². The largest absolute Gasteiger partial charge is 0.361 e. The van der Waals surface area contributed by atoms with Crippen molar-refractivity contribution in [1.29, 1.82) is 0 Å². The van der Waals surface area contributed by atoms with Crippen molar-refractivity contribution in [3.63, 3.8) is 0 Å². The molecule has 0 aliphatic carbocycles. The van der Waals surface area contributed by atoms with Gasteiger partial charge in [-0.05, 0) is 42.4 Å². The summed E-state index contributed by atoms with van der Waals surface area (Å²) >= 11 is 8.72. The number of hydrogen-bond acceptors (Lipinski definition) is 2. The van der Waals surface area contributed by atoms with Gasteiger partial charge in [0.15, 0.2) is 5.11 Å². The number of fused-ring (bicyclic) bond motifs is 1. The fourth-order valence-electron chi connectivity index (χ4n) is 2.39. The molecule has 3 aromatic rings. The van der Waals surface area contributed by atoms with Crippen LogP contribution in [0.4, 0.5) is 0 Å². The van der Waals surface area contributed by atoms with Crippen LogP contribution in [0.15, 0.2) is 64.3 Å². The van der Waals surface area contributed by atoms with Gasteiger partial charge in [0, 0.05) is 33.7 Å².